The van der Waals surface area contributed by atoms with Gasteiger partial charge in [0, 0.05) is 6.26 Å². The van der Waals surface area contributed by atoms with E-state index >= 15 is 0 Å². The zero-order valence-electron chi connectivity index (χ0n) is 67.3. The maximum absolute atomic E-state index is 14.5. The first-order valence-corrected chi connectivity index (χ1v) is 48.4. The largest absolute Gasteiger partial charge is 0.512 e. The van der Waals surface area contributed by atoms with Gasteiger partial charge >= 0.3 is 110 Å². The molecule has 5 atom stereocenters. The molecule has 0 spiro atoms. The summed E-state index contributed by atoms with van der Waals surface area (Å²) < 4.78 is 518. The van der Waals surface area contributed by atoms with Gasteiger partial charge in [-0.3, -0.25) is 14.4 Å². The topological polar surface area (TPSA) is 499 Å². The van der Waals surface area contributed by atoms with Gasteiger partial charge in [-0.15, -0.1) is 0 Å². The van der Waals surface area contributed by atoms with Crippen molar-refractivity contribution in [2.45, 2.75) is 183 Å². The first-order valence-electron chi connectivity index (χ1n) is 34.4. The number of allylic oxidation sites excluding steroid dienone is 1. The zero-order valence-corrected chi connectivity index (χ0v) is 74.7. The monoisotopic (exact) mass is 2070 g/mol. The molecule has 0 aliphatic heterocycles. The lowest BCUT2D eigenvalue weighted by molar-refractivity contribution is -0.245. The molecule has 0 aromatic heterocycles. The number of sulfone groups is 5. The van der Waals surface area contributed by atoms with E-state index in [0.29, 0.717) is 55.7 Å². The first kappa shape index (κ1) is 118. The highest BCUT2D eigenvalue weighted by atomic mass is 32.3. The van der Waals surface area contributed by atoms with Gasteiger partial charge < -0.3 is 27.3 Å². The van der Waals surface area contributed by atoms with Gasteiger partial charge in [-0.25, -0.2) is 79.9 Å². The Morgan fingerprint density at radius 3 is 1.16 bits per heavy atom. The second kappa shape index (κ2) is 41.6. The fraction of sp³-hybridized carbons (Fsp3) is 0.545. The number of hydrogen-bond acceptors (Lipinski definition) is 30. The molecule has 728 valence electrons. The molecule has 0 fully saturated rings. The van der Waals surface area contributed by atoms with Crippen molar-refractivity contribution >= 4 is 113 Å². The van der Waals surface area contributed by atoms with Crippen LogP contribution in [-0.4, -0.2) is 202 Å². The van der Waals surface area contributed by atoms with Crippen molar-refractivity contribution in [1.82, 2.24) is 4.13 Å². The van der Waals surface area contributed by atoms with E-state index in [-0.39, 0.29) is 28.5 Å². The van der Waals surface area contributed by atoms with Crippen LogP contribution in [0.1, 0.15) is 134 Å². The molecule has 1 N–H and O–H groups in total. The lowest BCUT2D eigenvalue weighted by Crippen LogP contribution is -2.64. The highest BCUT2D eigenvalue weighted by molar-refractivity contribution is 8.24. The third-order valence-corrected chi connectivity index (χ3v) is 36.3. The van der Waals surface area contributed by atoms with Crippen molar-refractivity contribution in [2.24, 2.45) is 10.8 Å². The molecule has 129 heavy (non-hydrogen) atoms. The number of alkyl halides is 21. The van der Waals surface area contributed by atoms with Gasteiger partial charge in [-0.1, -0.05) is 57.8 Å². The number of ether oxygens (including phenoxy) is 4. The molecule has 0 saturated heterocycles. The summed E-state index contributed by atoms with van der Waals surface area (Å²) in [5, 5.41) is -16.8. The third kappa shape index (κ3) is 25.7. The molecule has 4 rings (SSSR count). The van der Waals surface area contributed by atoms with Crippen molar-refractivity contribution in [3.8, 4) is 23.6 Å². The summed E-state index contributed by atoms with van der Waals surface area (Å²) >= 11 is 0. The number of esters is 4. The van der Waals surface area contributed by atoms with Crippen LogP contribution < -0.4 is 12.5 Å². The second-order valence-electron chi connectivity index (χ2n) is 27.3. The van der Waals surface area contributed by atoms with E-state index in [2.05, 4.69) is 18.1 Å². The molecule has 5 unspecified atom stereocenters. The molecular formula is C66H70F21N5O28S9. The summed E-state index contributed by atoms with van der Waals surface area (Å²) in [7, 11) is -61.2. The molecule has 0 radical (unpaired) electrons. The number of sulfonamides is 2. The van der Waals surface area contributed by atoms with E-state index < -0.39 is 270 Å². The van der Waals surface area contributed by atoms with Crippen LogP contribution >= 0.6 is 0 Å². The van der Waals surface area contributed by atoms with Crippen molar-refractivity contribution in [3.63, 3.8) is 0 Å². The lowest BCUT2D eigenvalue weighted by atomic mass is 9.91. The SMILES string of the molecule is CCC(C)(C)C(=O)OCCOC(=O)c1ccc(OS(=O)(=O)C(F)(F)C(F)(F)C(F)(F)S(=O)(=O)C(S(C)(=O)=O)S(=O)(=O)C(F)(F)F)cc1.CCC(C)(C)C(=O)OCCOC(=O)c1ccc(OS(=O)(=O)C(F)(F)C(F)(F)C(F)(F)S(=O)(=O)NS(=O)(=O)C(F)(F)F)cc1.[C-]#[N+]C(C#N)S(=O)(=O)C(C)CC.[C-]#[N+]C1=C(C)C(S(=O)(=O)c2ccc(C(C)CC)cc2)C(C(F)(F)F)=C1C#N. The Bertz CT molecular complexity index is 6000. The molecule has 3 aromatic carbocycles. The van der Waals surface area contributed by atoms with E-state index in [1.165, 1.54) is 31.2 Å². The molecule has 1 aliphatic carbocycles. The number of nitrogens with one attached hydrogen (secondary N) is 1. The van der Waals surface area contributed by atoms with Crippen LogP contribution in [0.3, 0.4) is 0 Å². The van der Waals surface area contributed by atoms with Crippen LogP contribution in [0.5, 0.6) is 11.5 Å². The minimum Gasteiger partial charge on any atom is -0.462 e. The molecule has 1 aliphatic rings. The summed E-state index contributed by atoms with van der Waals surface area (Å²) in [6.07, 6.45) is -3.73. The maximum Gasteiger partial charge on any atom is 0.512 e. The minimum atomic E-state index is -8.47. The molecule has 63 heteroatoms. The van der Waals surface area contributed by atoms with Crippen LogP contribution in [0.15, 0.2) is 100 Å². The molecule has 33 nitrogen and oxygen atoms in total. The summed E-state index contributed by atoms with van der Waals surface area (Å²) in [5.74, 6) is -21.8. The Balaban J connectivity index is 0.000000930. The van der Waals surface area contributed by atoms with Crippen LogP contribution in [0.4, 0.5) is 92.2 Å². The fourth-order valence-electron chi connectivity index (χ4n) is 8.85. The zero-order chi connectivity index (χ0) is 102. The number of hydrogen-bond donors (Lipinski definition) is 1. The van der Waals surface area contributed by atoms with E-state index in [9.17, 15) is 187 Å². The van der Waals surface area contributed by atoms with Gasteiger partial charge in [0.25, 0.3) is 33.6 Å². The third-order valence-electron chi connectivity index (χ3n) is 17.5. The van der Waals surface area contributed by atoms with Crippen molar-refractivity contribution in [3.05, 3.63) is 135 Å². The number of rotatable bonds is 36. The Kier molecular flexibility index (Phi) is 37.9. The number of benzene rings is 3. The van der Waals surface area contributed by atoms with Crippen LogP contribution in [0.25, 0.3) is 9.69 Å². The highest BCUT2D eigenvalue weighted by Crippen LogP contribution is 2.55. The molecular weight excluding hydrogens is 2000 g/mol. The average Bonchev–Trinajstić information content (AvgIpc) is 1.56. The quantitative estimate of drug-likeness (QED) is 0.0141. The normalized spacial score (nSPS) is 15.7. The fourth-order valence-corrected chi connectivity index (χ4v) is 23.7. The highest BCUT2D eigenvalue weighted by Gasteiger charge is 2.86. The van der Waals surface area contributed by atoms with Gasteiger partial charge in [-0.05, 0) is 138 Å². The van der Waals surface area contributed by atoms with E-state index in [1.54, 1.807) is 60.6 Å². The number of halogens is 21. The van der Waals surface area contributed by atoms with Gasteiger partial charge in [0.05, 0.1) is 55.9 Å². The summed E-state index contributed by atoms with van der Waals surface area (Å²) in [6.45, 7) is 29.7. The Hall–Kier alpha value is -9.38. The van der Waals surface area contributed by atoms with Crippen molar-refractivity contribution < 1.29 is 214 Å². The Labute approximate surface area is 722 Å². The Morgan fingerprint density at radius 2 is 0.860 bits per heavy atom. The maximum atomic E-state index is 14.5. The molecule has 0 heterocycles. The van der Waals surface area contributed by atoms with Gasteiger partial charge in [0.1, 0.15) is 43.2 Å². The lowest BCUT2D eigenvalue weighted by Gasteiger charge is -2.32. The molecule has 0 bridgehead atoms. The van der Waals surface area contributed by atoms with E-state index in [1.807, 2.05) is 13.8 Å². The second-order valence-corrected chi connectivity index (χ2v) is 45.7. The number of nitriles is 2. The summed E-state index contributed by atoms with van der Waals surface area (Å²) in [6, 6.07) is 12.1. The van der Waals surface area contributed by atoms with Gasteiger partial charge in [0.15, 0.2) is 25.7 Å². The van der Waals surface area contributed by atoms with E-state index in [4.69, 9.17) is 42.6 Å². The van der Waals surface area contributed by atoms with E-state index in [0.717, 1.165) is 18.9 Å². The van der Waals surface area contributed by atoms with Gasteiger partial charge in [-0.2, -0.15) is 120 Å². The molecule has 0 amide bonds. The summed E-state index contributed by atoms with van der Waals surface area (Å²) in [5.41, 5.74) is -18.8. The molecule has 0 saturated carbocycles. The smallest absolute Gasteiger partial charge is 0.462 e. The molecule has 3 aromatic rings. The number of carbonyl (C=O) groups excluding carboxylic acids is 4. The predicted molar refractivity (Wildman–Crippen MR) is 401 cm³/mol. The van der Waals surface area contributed by atoms with Crippen molar-refractivity contribution in [2.75, 3.05) is 32.7 Å². The summed E-state index contributed by atoms with van der Waals surface area (Å²) in [4.78, 5) is 53.2. The van der Waals surface area contributed by atoms with Crippen molar-refractivity contribution in [1.29, 1.82) is 10.5 Å². The van der Waals surface area contributed by atoms with Crippen LogP contribution in [0, 0.1) is 46.6 Å². The first-order chi connectivity index (χ1) is 57.7. The van der Waals surface area contributed by atoms with Gasteiger partial charge in [0.2, 0.25) is 15.5 Å². The Morgan fingerprint density at radius 1 is 0.496 bits per heavy atom. The number of carbonyl (C=O) groups is 4. The van der Waals surface area contributed by atoms with Crippen LogP contribution in [0.2, 0.25) is 0 Å². The average molecular weight is 2070 g/mol. The number of nitrogens with zero attached hydrogens (tertiary/aromatic N) is 4. The predicted octanol–water partition coefficient (Wildman–Crippen LogP) is 12.1. The standard InChI is InChI=1S/C21H23F9O13S4.C19H20F9NO11S3.C19H17F3N2O2S.C7H10N2O2S/c1-5-17(2,3)15(32)42-11-10-41-14(31)12-6-8-13(9-7-12)43-47(39,40)20(26,27)18(22,23)19(24,25)45(35,36)16(44(4,33)34)46(37,38)21(28,29)30;1-4-15(2,3)14(31)39-10-9-38-13(30)11-5-7-12(8-6-11)40-43(36,37)18(24,25)16(20,21)17(22,23)41(32,33)29-42(34,35)19(26,27)28;1-5-11(2)13-6-8-14(9-7-13)27(25,26)18-12(3)17(24-4)15(10-23)16(18)19(20,21)22;1-4-6(2)12(10,11)7(5-8)9-3/h6-9,16H,5,10-11H2,1-4H3;5-8,29H,4,9-10H2,1-3H3;6-9,11,18H,5H2,1-3H3;6-7H,4H2,1-2H3. The minimum absolute atomic E-state index is 0.180. The van der Waals surface area contributed by atoms with Crippen LogP contribution in [-0.2, 0) is 118 Å².